The Morgan fingerprint density at radius 2 is 2.33 bits per heavy atom. The molecule has 1 atom stereocenters. The summed E-state index contributed by atoms with van der Waals surface area (Å²) in [4.78, 5) is 18.6. The van der Waals surface area contributed by atoms with Gasteiger partial charge in [0.2, 0.25) is 0 Å². The SMILES string of the molecule is C[C@@H](NC(=O)c1ccco1)C1=CCCN(Cc2ccc(Cl)nc2)C1. The van der Waals surface area contributed by atoms with Crippen molar-refractivity contribution in [3.8, 4) is 0 Å². The van der Waals surface area contributed by atoms with E-state index in [1.54, 1.807) is 12.1 Å². The predicted octanol–water partition coefficient (Wildman–Crippen LogP) is 3.28. The first kappa shape index (κ1) is 16.7. The average molecular weight is 346 g/mol. The molecule has 6 heteroatoms. The zero-order valence-corrected chi connectivity index (χ0v) is 14.3. The van der Waals surface area contributed by atoms with Crippen LogP contribution in [0, 0.1) is 0 Å². The number of pyridine rings is 1. The van der Waals surface area contributed by atoms with Gasteiger partial charge in [-0.1, -0.05) is 23.7 Å². The summed E-state index contributed by atoms with van der Waals surface area (Å²) < 4.78 is 5.13. The van der Waals surface area contributed by atoms with E-state index in [4.69, 9.17) is 16.0 Å². The highest BCUT2D eigenvalue weighted by molar-refractivity contribution is 6.29. The fourth-order valence-electron chi connectivity index (χ4n) is 2.81. The van der Waals surface area contributed by atoms with Gasteiger partial charge in [0, 0.05) is 31.9 Å². The number of nitrogens with one attached hydrogen (secondary N) is 1. The van der Waals surface area contributed by atoms with Crippen LogP contribution in [0.2, 0.25) is 5.15 Å². The molecule has 2 aromatic heterocycles. The molecule has 0 radical (unpaired) electrons. The lowest BCUT2D eigenvalue weighted by Gasteiger charge is -2.30. The molecule has 0 fully saturated rings. The minimum atomic E-state index is -0.188. The number of amides is 1. The molecular weight excluding hydrogens is 326 g/mol. The van der Waals surface area contributed by atoms with E-state index in [2.05, 4.69) is 21.3 Å². The number of carbonyl (C=O) groups is 1. The molecule has 1 aliphatic heterocycles. The van der Waals surface area contributed by atoms with Gasteiger partial charge in [-0.15, -0.1) is 0 Å². The Bertz CT molecular complexity index is 710. The summed E-state index contributed by atoms with van der Waals surface area (Å²) in [6, 6.07) is 7.14. The maximum absolute atomic E-state index is 12.1. The van der Waals surface area contributed by atoms with Gasteiger partial charge in [-0.2, -0.15) is 0 Å². The van der Waals surface area contributed by atoms with Gasteiger partial charge in [-0.25, -0.2) is 4.98 Å². The van der Waals surface area contributed by atoms with Crippen molar-refractivity contribution in [1.29, 1.82) is 0 Å². The van der Waals surface area contributed by atoms with Crippen molar-refractivity contribution < 1.29 is 9.21 Å². The van der Waals surface area contributed by atoms with Gasteiger partial charge >= 0.3 is 0 Å². The highest BCUT2D eigenvalue weighted by Crippen LogP contribution is 2.17. The van der Waals surface area contributed by atoms with E-state index in [1.807, 2.05) is 25.3 Å². The first-order chi connectivity index (χ1) is 11.6. The van der Waals surface area contributed by atoms with Gasteiger partial charge in [-0.05, 0) is 42.7 Å². The second kappa shape index (κ2) is 7.64. The highest BCUT2D eigenvalue weighted by atomic mass is 35.5. The van der Waals surface area contributed by atoms with Crippen LogP contribution in [0.4, 0.5) is 0 Å². The standard InChI is InChI=1S/C18H20ClN3O2/c1-13(21-18(23)16-5-3-9-24-16)15-4-2-8-22(12-15)11-14-6-7-17(19)20-10-14/h3-7,9-10,13H,2,8,11-12H2,1H3,(H,21,23)/t13-/m1/s1. The smallest absolute Gasteiger partial charge is 0.287 e. The van der Waals surface area contributed by atoms with Gasteiger partial charge in [0.15, 0.2) is 5.76 Å². The van der Waals surface area contributed by atoms with E-state index in [1.165, 1.54) is 11.8 Å². The maximum Gasteiger partial charge on any atom is 0.287 e. The monoisotopic (exact) mass is 345 g/mol. The lowest BCUT2D eigenvalue weighted by atomic mass is 10.0. The van der Waals surface area contributed by atoms with Gasteiger partial charge < -0.3 is 9.73 Å². The molecule has 1 N–H and O–H groups in total. The number of aromatic nitrogens is 1. The highest BCUT2D eigenvalue weighted by Gasteiger charge is 2.20. The van der Waals surface area contributed by atoms with Crippen LogP contribution in [-0.4, -0.2) is 34.9 Å². The zero-order valence-electron chi connectivity index (χ0n) is 13.5. The van der Waals surface area contributed by atoms with Crippen LogP contribution in [-0.2, 0) is 6.54 Å². The molecule has 3 rings (SSSR count). The lowest BCUT2D eigenvalue weighted by Crippen LogP contribution is -2.40. The molecule has 0 aromatic carbocycles. The van der Waals surface area contributed by atoms with Crippen LogP contribution in [0.5, 0.6) is 0 Å². The normalized spacial score (nSPS) is 16.5. The maximum atomic E-state index is 12.1. The second-order valence-corrected chi connectivity index (χ2v) is 6.33. The van der Waals surface area contributed by atoms with E-state index in [9.17, 15) is 4.79 Å². The molecule has 1 amide bonds. The van der Waals surface area contributed by atoms with Crippen molar-refractivity contribution in [2.75, 3.05) is 13.1 Å². The van der Waals surface area contributed by atoms with Crippen molar-refractivity contribution in [2.45, 2.75) is 25.9 Å². The quantitative estimate of drug-likeness (QED) is 0.667. The van der Waals surface area contributed by atoms with Gasteiger partial charge in [0.1, 0.15) is 5.15 Å². The Morgan fingerprint density at radius 3 is 3.04 bits per heavy atom. The summed E-state index contributed by atoms with van der Waals surface area (Å²) in [5, 5.41) is 3.49. The van der Waals surface area contributed by atoms with Crippen LogP contribution >= 0.6 is 11.6 Å². The van der Waals surface area contributed by atoms with Gasteiger partial charge in [-0.3, -0.25) is 9.69 Å². The Hall–Kier alpha value is -2.11. The predicted molar refractivity (Wildman–Crippen MR) is 92.9 cm³/mol. The largest absolute Gasteiger partial charge is 0.459 e. The average Bonchev–Trinajstić information content (AvgIpc) is 3.12. The Morgan fingerprint density at radius 1 is 1.46 bits per heavy atom. The molecule has 0 saturated carbocycles. The minimum Gasteiger partial charge on any atom is -0.459 e. The Labute approximate surface area is 146 Å². The second-order valence-electron chi connectivity index (χ2n) is 5.94. The van der Waals surface area contributed by atoms with Crippen LogP contribution < -0.4 is 5.32 Å². The third-order valence-electron chi connectivity index (χ3n) is 4.10. The fraction of sp³-hybridized carbons (Fsp3) is 0.333. The van der Waals surface area contributed by atoms with E-state index >= 15 is 0 Å². The van der Waals surface area contributed by atoms with Crippen LogP contribution in [0.25, 0.3) is 0 Å². The third kappa shape index (κ3) is 4.24. The molecule has 5 nitrogen and oxygen atoms in total. The summed E-state index contributed by atoms with van der Waals surface area (Å²) in [6.45, 7) is 4.63. The summed E-state index contributed by atoms with van der Waals surface area (Å²) in [5.41, 5.74) is 2.34. The molecule has 24 heavy (non-hydrogen) atoms. The number of hydrogen-bond donors (Lipinski definition) is 1. The summed E-state index contributed by atoms with van der Waals surface area (Å²) in [5.74, 6) is 0.148. The van der Waals surface area contributed by atoms with Crippen LogP contribution in [0.3, 0.4) is 0 Å². The number of carbonyl (C=O) groups excluding carboxylic acids is 1. The molecule has 2 aromatic rings. The summed E-state index contributed by atoms with van der Waals surface area (Å²) >= 11 is 5.83. The molecule has 126 valence electrons. The Balaban J connectivity index is 1.57. The van der Waals surface area contributed by atoms with E-state index in [-0.39, 0.29) is 11.9 Å². The summed E-state index contributed by atoms with van der Waals surface area (Å²) in [7, 11) is 0. The minimum absolute atomic E-state index is 0.0336. The number of hydrogen-bond acceptors (Lipinski definition) is 4. The van der Waals surface area contributed by atoms with Crippen LogP contribution in [0.15, 0.2) is 52.8 Å². The van der Waals surface area contributed by atoms with Crippen molar-refractivity contribution >= 4 is 17.5 Å². The topological polar surface area (TPSA) is 58.4 Å². The molecule has 0 aliphatic carbocycles. The van der Waals surface area contributed by atoms with Gasteiger partial charge in [0.05, 0.1) is 6.26 Å². The fourth-order valence-corrected chi connectivity index (χ4v) is 2.92. The van der Waals surface area contributed by atoms with E-state index < -0.39 is 0 Å². The van der Waals surface area contributed by atoms with E-state index in [0.29, 0.717) is 10.9 Å². The van der Waals surface area contributed by atoms with E-state index in [0.717, 1.165) is 31.6 Å². The zero-order chi connectivity index (χ0) is 16.9. The first-order valence-electron chi connectivity index (χ1n) is 7.98. The summed E-state index contributed by atoms with van der Waals surface area (Å²) in [6.07, 6.45) is 6.49. The molecule has 0 spiro atoms. The Kier molecular flexibility index (Phi) is 5.33. The molecule has 3 heterocycles. The number of furan rings is 1. The molecule has 0 bridgehead atoms. The number of rotatable bonds is 5. The van der Waals surface area contributed by atoms with Crippen molar-refractivity contribution in [3.63, 3.8) is 0 Å². The molecule has 1 aliphatic rings. The van der Waals surface area contributed by atoms with Gasteiger partial charge in [0.25, 0.3) is 5.91 Å². The molecule has 0 saturated heterocycles. The number of nitrogens with zero attached hydrogens (tertiary/aromatic N) is 2. The number of halogens is 1. The van der Waals surface area contributed by atoms with Crippen molar-refractivity contribution in [3.05, 3.63) is 64.9 Å². The van der Waals surface area contributed by atoms with Crippen molar-refractivity contribution in [1.82, 2.24) is 15.2 Å². The van der Waals surface area contributed by atoms with Crippen LogP contribution in [0.1, 0.15) is 29.5 Å². The lowest BCUT2D eigenvalue weighted by molar-refractivity contribution is 0.0915. The molecule has 0 unspecified atom stereocenters. The molecular formula is C18H20ClN3O2. The van der Waals surface area contributed by atoms with Crippen molar-refractivity contribution in [2.24, 2.45) is 0 Å². The first-order valence-corrected chi connectivity index (χ1v) is 8.35. The third-order valence-corrected chi connectivity index (χ3v) is 4.33.